The van der Waals surface area contributed by atoms with Gasteiger partial charge >= 0.3 is 0 Å². The monoisotopic (exact) mass is 371 g/mol. The number of nitrogens with zero attached hydrogens (tertiary/aromatic N) is 4. The van der Waals surface area contributed by atoms with E-state index in [9.17, 15) is 4.79 Å². The minimum atomic E-state index is -0.271. The average Bonchev–Trinajstić information content (AvgIpc) is 2.68. The third kappa shape index (κ3) is 5.55. The average molecular weight is 371 g/mol. The molecular formula is C19H25N5O3. The molecule has 3 rings (SSSR count). The van der Waals surface area contributed by atoms with E-state index in [0.717, 1.165) is 37.7 Å². The fourth-order valence-electron chi connectivity index (χ4n) is 2.75. The first kappa shape index (κ1) is 18.9. The summed E-state index contributed by atoms with van der Waals surface area (Å²) in [5.74, 6) is 2.40. The minimum absolute atomic E-state index is 0.0954. The van der Waals surface area contributed by atoms with Crippen molar-refractivity contribution in [3.05, 3.63) is 36.7 Å². The van der Waals surface area contributed by atoms with Crippen LogP contribution in [0, 0.1) is 0 Å². The molecule has 1 aliphatic heterocycles. The Hall–Kier alpha value is -2.87. The molecule has 0 unspecified atom stereocenters. The number of piperazine rings is 1. The molecule has 0 spiro atoms. The zero-order valence-electron chi connectivity index (χ0n) is 15.7. The van der Waals surface area contributed by atoms with Crippen LogP contribution in [-0.2, 0) is 4.79 Å². The van der Waals surface area contributed by atoms with Gasteiger partial charge in [0.1, 0.15) is 29.5 Å². The zero-order chi connectivity index (χ0) is 19.1. The maximum atomic E-state index is 12.1. The van der Waals surface area contributed by atoms with Crippen molar-refractivity contribution in [2.75, 3.05) is 56.7 Å². The van der Waals surface area contributed by atoms with Crippen molar-refractivity contribution >= 4 is 17.5 Å². The van der Waals surface area contributed by atoms with Crippen molar-refractivity contribution in [3.63, 3.8) is 0 Å². The second-order valence-electron chi connectivity index (χ2n) is 6.29. The van der Waals surface area contributed by atoms with Gasteiger partial charge in [-0.05, 0) is 38.2 Å². The summed E-state index contributed by atoms with van der Waals surface area (Å²) in [7, 11) is 2.10. The van der Waals surface area contributed by atoms with Crippen molar-refractivity contribution in [1.29, 1.82) is 0 Å². The number of aromatic nitrogens is 2. The summed E-state index contributed by atoms with van der Waals surface area (Å²) < 4.78 is 10.9. The molecule has 1 N–H and O–H groups in total. The lowest BCUT2D eigenvalue weighted by Crippen LogP contribution is -2.44. The van der Waals surface area contributed by atoms with Gasteiger partial charge in [0.2, 0.25) is 0 Å². The summed E-state index contributed by atoms with van der Waals surface area (Å²) in [4.78, 5) is 25.0. The Morgan fingerprint density at radius 1 is 1.07 bits per heavy atom. The first-order valence-corrected chi connectivity index (χ1v) is 9.05. The Morgan fingerprint density at radius 2 is 1.74 bits per heavy atom. The van der Waals surface area contributed by atoms with Crippen molar-refractivity contribution in [2.45, 2.75) is 6.92 Å². The van der Waals surface area contributed by atoms with Gasteiger partial charge in [0, 0.05) is 32.2 Å². The van der Waals surface area contributed by atoms with Crippen LogP contribution in [0.4, 0.5) is 11.6 Å². The topological polar surface area (TPSA) is 79.8 Å². The van der Waals surface area contributed by atoms with E-state index in [2.05, 4.69) is 32.1 Å². The Balaban J connectivity index is 1.51. The number of carbonyl (C=O) groups is 1. The van der Waals surface area contributed by atoms with E-state index in [1.165, 1.54) is 6.33 Å². The fraction of sp³-hybridized carbons (Fsp3) is 0.421. The molecular weight excluding hydrogens is 346 g/mol. The molecule has 1 aromatic carbocycles. The third-order valence-corrected chi connectivity index (χ3v) is 4.25. The summed E-state index contributed by atoms with van der Waals surface area (Å²) in [6.07, 6.45) is 1.47. The predicted octanol–water partition coefficient (Wildman–Crippen LogP) is 1.64. The van der Waals surface area contributed by atoms with E-state index >= 15 is 0 Å². The summed E-state index contributed by atoms with van der Waals surface area (Å²) in [6, 6.07) is 8.95. The van der Waals surface area contributed by atoms with Gasteiger partial charge in [-0.2, -0.15) is 0 Å². The summed E-state index contributed by atoms with van der Waals surface area (Å²) in [6.45, 7) is 6.23. The second-order valence-corrected chi connectivity index (χ2v) is 6.29. The number of amides is 1. The van der Waals surface area contributed by atoms with Crippen LogP contribution in [0.1, 0.15) is 6.92 Å². The lowest BCUT2D eigenvalue weighted by Gasteiger charge is -2.33. The zero-order valence-corrected chi connectivity index (χ0v) is 15.7. The Morgan fingerprint density at radius 3 is 2.41 bits per heavy atom. The summed E-state index contributed by atoms with van der Waals surface area (Å²) in [5.41, 5.74) is 0. The van der Waals surface area contributed by atoms with Crippen LogP contribution in [0.15, 0.2) is 36.7 Å². The van der Waals surface area contributed by atoms with Crippen molar-refractivity contribution in [1.82, 2.24) is 14.9 Å². The number of anilines is 2. The molecule has 0 aliphatic carbocycles. The molecule has 27 heavy (non-hydrogen) atoms. The van der Waals surface area contributed by atoms with Crippen LogP contribution in [0.2, 0.25) is 0 Å². The predicted molar refractivity (Wildman–Crippen MR) is 103 cm³/mol. The molecule has 1 aromatic heterocycles. The molecule has 0 radical (unpaired) electrons. The van der Waals surface area contributed by atoms with Gasteiger partial charge in [0.25, 0.3) is 5.91 Å². The van der Waals surface area contributed by atoms with E-state index in [-0.39, 0.29) is 12.5 Å². The van der Waals surface area contributed by atoms with Crippen molar-refractivity contribution in [3.8, 4) is 11.5 Å². The first-order chi connectivity index (χ1) is 13.1. The molecule has 0 atom stereocenters. The summed E-state index contributed by atoms with van der Waals surface area (Å²) in [5, 5.41) is 2.76. The molecule has 1 aliphatic rings. The highest BCUT2D eigenvalue weighted by Gasteiger charge is 2.16. The maximum absolute atomic E-state index is 12.1. The van der Waals surface area contributed by atoms with Gasteiger partial charge in [0.05, 0.1) is 6.61 Å². The van der Waals surface area contributed by atoms with Crippen molar-refractivity contribution < 1.29 is 14.3 Å². The lowest BCUT2D eigenvalue weighted by atomic mass is 10.3. The molecule has 2 heterocycles. The van der Waals surface area contributed by atoms with E-state index in [4.69, 9.17) is 9.47 Å². The van der Waals surface area contributed by atoms with E-state index in [0.29, 0.717) is 18.2 Å². The Labute approximate surface area is 159 Å². The molecule has 1 amide bonds. The van der Waals surface area contributed by atoms with Gasteiger partial charge in [-0.3, -0.25) is 4.79 Å². The number of rotatable bonds is 7. The molecule has 0 saturated carbocycles. The van der Waals surface area contributed by atoms with Gasteiger partial charge in [-0.25, -0.2) is 9.97 Å². The largest absolute Gasteiger partial charge is 0.494 e. The van der Waals surface area contributed by atoms with Gasteiger partial charge in [0.15, 0.2) is 6.61 Å². The number of nitrogens with one attached hydrogen (secondary N) is 1. The number of hydrogen-bond donors (Lipinski definition) is 1. The highest BCUT2D eigenvalue weighted by Crippen LogP contribution is 2.18. The van der Waals surface area contributed by atoms with Crippen LogP contribution >= 0.6 is 0 Å². The number of benzene rings is 1. The Bertz CT molecular complexity index is 745. The van der Waals surface area contributed by atoms with Gasteiger partial charge < -0.3 is 24.6 Å². The van der Waals surface area contributed by atoms with E-state index in [1.54, 1.807) is 18.2 Å². The molecule has 8 heteroatoms. The minimum Gasteiger partial charge on any atom is -0.494 e. The fourth-order valence-corrected chi connectivity index (χ4v) is 2.75. The second kappa shape index (κ2) is 9.18. The lowest BCUT2D eigenvalue weighted by molar-refractivity contribution is -0.118. The van der Waals surface area contributed by atoms with Gasteiger partial charge in [-0.1, -0.05) is 0 Å². The standard InChI is InChI=1S/C19H25N5O3/c1-3-26-15-4-6-16(7-5-15)27-13-19(25)22-17-12-18(21-14-20-17)24-10-8-23(2)9-11-24/h4-7,12,14H,3,8-11,13H2,1-2H3,(H,20,21,22,25). The number of hydrogen-bond acceptors (Lipinski definition) is 7. The van der Waals surface area contributed by atoms with E-state index in [1.807, 2.05) is 19.1 Å². The molecule has 144 valence electrons. The highest BCUT2D eigenvalue weighted by atomic mass is 16.5. The van der Waals surface area contributed by atoms with Crippen LogP contribution in [0.5, 0.6) is 11.5 Å². The normalized spacial score (nSPS) is 14.7. The molecule has 1 saturated heterocycles. The number of carbonyl (C=O) groups excluding carboxylic acids is 1. The molecule has 0 bridgehead atoms. The number of likely N-dealkylation sites (N-methyl/N-ethyl adjacent to an activating group) is 1. The van der Waals surface area contributed by atoms with Crippen LogP contribution in [-0.4, -0.2) is 67.2 Å². The Kier molecular flexibility index (Phi) is 6.43. The first-order valence-electron chi connectivity index (χ1n) is 9.05. The smallest absolute Gasteiger partial charge is 0.263 e. The third-order valence-electron chi connectivity index (χ3n) is 4.25. The quantitative estimate of drug-likeness (QED) is 0.793. The van der Waals surface area contributed by atoms with Crippen LogP contribution in [0.25, 0.3) is 0 Å². The van der Waals surface area contributed by atoms with E-state index < -0.39 is 0 Å². The van der Waals surface area contributed by atoms with Crippen LogP contribution < -0.4 is 19.7 Å². The SMILES string of the molecule is CCOc1ccc(OCC(=O)Nc2cc(N3CCN(C)CC3)ncn2)cc1. The molecule has 1 fully saturated rings. The van der Waals surface area contributed by atoms with Crippen molar-refractivity contribution in [2.24, 2.45) is 0 Å². The number of ether oxygens (including phenoxy) is 2. The summed E-state index contributed by atoms with van der Waals surface area (Å²) >= 11 is 0. The maximum Gasteiger partial charge on any atom is 0.263 e. The molecule has 8 nitrogen and oxygen atoms in total. The highest BCUT2D eigenvalue weighted by molar-refractivity contribution is 5.91. The van der Waals surface area contributed by atoms with Crippen LogP contribution in [0.3, 0.4) is 0 Å². The molecule has 2 aromatic rings. The van der Waals surface area contributed by atoms with Gasteiger partial charge in [-0.15, -0.1) is 0 Å².